The molecule has 5 aromatic rings. The van der Waals surface area contributed by atoms with Crippen molar-refractivity contribution in [3.63, 3.8) is 0 Å². The van der Waals surface area contributed by atoms with E-state index in [2.05, 4.69) is 18.2 Å². The molecule has 3 fully saturated rings. The van der Waals surface area contributed by atoms with Crippen LogP contribution < -0.4 is 10.6 Å². The van der Waals surface area contributed by atoms with Gasteiger partial charge in [0.15, 0.2) is 0 Å². The molecule has 3 saturated carbocycles. The van der Waals surface area contributed by atoms with E-state index in [1.807, 2.05) is 42.5 Å². The standard InChI is InChI=1S/C20H16N2O2.C12H12N2O2.C12H14N2.C8H6N2O2.C2H4O2.CH4O.CH4/c21-13-20(11-3-4-12-20)14-7-9-15(10-8-14)22-18(23)16-5-1-2-6-17(16)19(22)24;13-9-12(7-1-2-8-12)10-3-5-11(6-4-10)14(15)16;13-9-12(7-1-2-8-12)10-3-5-11(14)6-4-10;9-6-5-7-1-3-8(4-2-7)10(11)12;1-2(3)4;1-2;/h1-2,5-10H,3-4,11-12H2;3-6H,1-2,7-8H2;3-6H,1-2,7-8,14H2;1-4H,5H2;1H3,(H,3,4);2H,1H3;1H4. The number of carboxylic acid groups (broad SMARTS) is 1. The average molecular weight is 989 g/mol. The van der Waals surface area contributed by atoms with Crippen LogP contribution in [0.2, 0.25) is 0 Å². The normalized spacial score (nSPS) is 15.6. The smallest absolute Gasteiger partial charge is 0.300 e. The largest absolute Gasteiger partial charge is 0.481 e. The summed E-state index contributed by atoms with van der Waals surface area (Å²) in [5, 5.41) is 71.6. The molecule has 4 N–H and O–H groups in total. The van der Waals surface area contributed by atoms with E-state index in [0.29, 0.717) is 16.8 Å². The minimum atomic E-state index is -0.833. The number of nitrogen functional groups attached to an aromatic ring is 1. The number of carbonyl (C=O) groups excluding carboxylic acids is 2. The van der Waals surface area contributed by atoms with E-state index in [0.717, 1.165) is 119 Å². The Morgan fingerprint density at radius 2 is 0.890 bits per heavy atom. The van der Waals surface area contributed by atoms with Gasteiger partial charge in [-0.05, 0) is 97.2 Å². The van der Waals surface area contributed by atoms with Gasteiger partial charge in [-0.1, -0.05) is 107 Å². The first-order chi connectivity index (χ1) is 34.6. The highest BCUT2D eigenvalue weighted by Crippen LogP contribution is 2.43. The molecule has 4 aliphatic rings. The fourth-order valence-electron chi connectivity index (χ4n) is 9.22. The molecule has 0 aromatic heterocycles. The number of carbonyl (C=O) groups is 3. The Hall–Kier alpha value is -8.77. The number of nitro benzene ring substituents is 2. The van der Waals surface area contributed by atoms with Gasteiger partial charge in [0.2, 0.25) is 0 Å². The SMILES string of the molecule is C.CC(=O)O.CO.N#CC1(c2ccc(N)cc2)CCCC1.N#CC1(c2ccc(N3C(=O)c4ccccc4C3=O)cc2)CCCC1.N#CC1(c2ccc([N+](=O)[O-])cc2)CCCC1.N#CCc1ccc([N+](=O)[O-])cc1. The molecule has 2 amide bonds. The summed E-state index contributed by atoms with van der Waals surface area (Å²) in [5.74, 6) is -1.42. The average Bonchev–Trinajstić information content (AvgIpc) is 4.24. The molecule has 17 heteroatoms. The van der Waals surface area contributed by atoms with E-state index in [9.17, 15) is 45.6 Å². The number of non-ortho nitro benzene ring substituents is 2. The monoisotopic (exact) mass is 988 g/mol. The molecule has 73 heavy (non-hydrogen) atoms. The summed E-state index contributed by atoms with van der Waals surface area (Å²) >= 11 is 0. The topological polar surface area (TPSA) is 302 Å². The highest BCUT2D eigenvalue weighted by atomic mass is 16.6. The number of rotatable bonds is 7. The van der Waals surface area contributed by atoms with Crippen LogP contribution in [0.5, 0.6) is 0 Å². The van der Waals surface area contributed by atoms with Crippen LogP contribution in [0, 0.1) is 65.6 Å². The first-order valence-electron chi connectivity index (χ1n) is 23.3. The van der Waals surface area contributed by atoms with Gasteiger partial charge in [0.05, 0.1) is 73.6 Å². The first kappa shape index (κ1) is 58.5. The Morgan fingerprint density at radius 1 is 0.589 bits per heavy atom. The van der Waals surface area contributed by atoms with Gasteiger partial charge >= 0.3 is 0 Å². The van der Waals surface area contributed by atoms with Crippen LogP contribution in [-0.2, 0) is 27.5 Å². The van der Waals surface area contributed by atoms with E-state index in [4.69, 9.17) is 26.0 Å². The lowest BCUT2D eigenvalue weighted by atomic mass is 9.80. The maximum absolute atomic E-state index is 12.5. The number of fused-ring (bicyclic) bond motifs is 1. The molecule has 0 bridgehead atoms. The fourth-order valence-corrected chi connectivity index (χ4v) is 9.22. The molecule has 0 unspecified atom stereocenters. The van der Waals surface area contributed by atoms with Crippen LogP contribution >= 0.6 is 0 Å². The molecule has 0 radical (unpaired) electrons. The summed E-state index contributed by atoms with van der Waals surface area (Å²) in [4.78, 5) is 55.1. The minimum Gasteiger partial charge on any atom is -0.481 e. The van der Waals surface area contributed by atoms with Crippen molar-refractivity contribution in [2.45, 2.75) is 114 Å². The number of aliphatic hydroxyl groups is 1. The number of aliphatic hydroxyl groups excluding tert-OH is 1. The third kappa shape index (κ3) is 14.6. The molecule has 3 aliphatic carbocycles. The first-order valence-corrected chi connectivity index (χ1v) is 23.3. The van der Waals surface area contributed by atoms with E-state index >= 15 is 0 Å². The van der Waals surface area contributed by atoms with Gasteiger partial charge in [-0.25, -0.2) is 4.90 Å². The number of nitrogens with zero attached hydrogens (tertiary/aromatic N) is 7. The van der Waals surface area contributed by atoms with Gasteiger partial charge < -0.3 is 15.9 Å². The quantitative estimate of drug-likeness (QED) is 0.0591. The maximum Gasteiger partial charge on any atom is 0.300 e. The molecule has 0 atom stereocenters. The second-order valence-corrected chi connectivity index (χ2v) is 17.4. The Bertz CT molecular complexity index is 2800. The Morgan fingerprint density at radius 3 is 1.19 bits per heavy atom. The van der Waals surface area contributed by atoms with E-state index in [1.165, 1.54) is 29.2 Å². The number of carboxylic acids is 1. The van der Waals surface area contributed by atoms with E-state index in [-0.39, 0.29) is 42.5 Å². The summed E-state index contributed by atoms with van der Waals surface area (Å²) in [5.41, 5.74) is 10.7. The predicted octanol–water partition coefficient (Wildman–Crippen LogP) is 11.4. The van der Waals surface area contributed by atoms with Crippen LogP contribution in [0.4, 0.5) is 22.7 Å². The summed E-state index contributed by atoms with van der Waals surface area (Å²) in [6.07, 6.45) is 12.3. The van der Waals surface area contributed by atoms with Crippen LogP contribution in [0.25, 0.3) is 0 Å². The highest BCUT2D eigenvalue weighted by Gasteiger charge is 2.39. The van der Waals surface area contributed by atoms with Gasteiger partial charge in [0.1, 0.15) is 0 Å². The molecule has 0 spiro atoms. The zero-order chi connectivity index (χ0) is 52.9. The summed E-state index contributed by atoms with van der Waals surface area (Å²) in [7, 11) is 1.00. The van der Waals surface area contributed by atoms with E-state index in [1.54, 1.807) is 60.7 Å². The lowest BCUT2D eigenvalue weighted by Crippen LogP contribution is -2.29. The number of anilines is 2. The molecule has 1 aliphatic heterocycles. The number of imide groups is 1. The summed E-state index contributed by atoms with van der Waals surface area (Å²) in [6, 6.07) is 43.5. The summed E-state index contributed by atoms with van der Waals surface area (Å²) < 4.78 is 0. The van der Waals surface area contributed by atoms with Gasteiger partial charge in [0.25, 0.3) is 29.2 Å². The van der Waals surface area contributed by atoms with Gasteiger partial charge in [-0.3, -0.25) is 34.6 Å². The van der Waals surface area contributed by atoms with Crippen LogP contribution in [-0.4, -0.2) is 45.0 Å². The summed E-state index contributed by atoms with van der Waals surface area (Å²) in [6.45, 7) is 1.08. The number of hydrogen-bond donors (Lipinski definition) is 3. The van der Waals surface area contributed by atoms with Gasteiger partial charge in [-0.2, -0.15) is 21.0 Å². The molecule has 5 aromatic carbocycles. The number of nitrogens with two attached hydrogens (primary N) is 1. The third-order valence-corrected chi connectivity index (χ3v) is 13.0. The van der Waals surface area contributed by atoms with E-state index < -0.39 is 26.6 Å². The fraction of sp³-hybridized carbons (Fsp3) is 0.339. The van der Waals surface area contributed by atoms with Gasteiger partial charge in [-0.15, -0.1) is 0 Å². The Balaban J connectivity index is 0.000000255. The maximum atomic E-state index is 12.5. The second-order valence-electron chi connectivity index (χ2n) is 17.4. The van der Waals surface area contributed by atoms with Crippen molar-refractivity contribution in [1.82, 2.24) is 0 Å². The Kier molecular flexibility index (Phi) is 22.1. The number of aliphatic carboxylic acids is 1. The molecule has 0 saturated heterocycles. The van der Waals surface area contributed by atoms with Gasteiger partial charge in [0, 0.05) is 44.0 Å². The number of hydrogen-bond acceptors (Lipinski definition) is 13. The Labute approximate surface area is 425 Å². The molecule has 378 valence electrons. The predicted molar refractivity (Wildman–Crippen MR) is 276 cm³/mol. The minimum absolute atomic E-state index is 0. The second kappa shape index (κ2) is 27.6. The lowest BCUT2D eigenvalue weighted by Gasteiger charge is -2.22. The van der Waals surface area contributed by atoms with Crippen LogP contribution in [0.1, 0.15) is 134 Å². The van der Waals surface area contributed by atoms with Crippen LogP contribution in [0.3, 0.4) is 0 Å². The van der Waals surface area contributed by atoms with Crippen molar-refractivity contribution in [2.24, 2.45) is 0 Å². The molecular weight excluding hydrogens is 929 g/mol. The zero-order valence-corrected chi connectivity index (χ0v) is 40.2. The number of amides is 2. The lowest BCUT2D eigenvalue weighted by molar-refractivity contribution is -0.385. The highest BCUT2D eigenvalue weighted by molar-refractivity contribution is 6.34. The van der Waals surface area contributed by atoms with Crippen LogP contribution in [0.15, 0.2) is 121 Å². The van der Waals surface area contributed by atoms with Crippen molar-refractivity contribution in [3.05, 3.63) is 175 Å². The van der Waals surface area contributed by atoms with Crippen molar-refractivity contribution >= 4 is 40.5 Å². The van der Waals surface area contributed by atoms with Crippen molar-refractivity contribution in [3.8, 4) is 24.3 Å². The number of benzene rings is 5. The van der Waals surface area contributed by atoms with Crippen molar-refractivity contribution < 1.29 is 34.4 Å². The number of nitriles is 4. The number of nitro groups is 2. The third-order valence-electron chi connectivity index (χ3n) is 13.0. The molecule has 1 heterocycles. The van der Waals surface area contributed by atoms with Crippen molar-refractivity contribution in [1.29, 1.82) is 21.0 Å². The molecular formula is C56H60N8O9. The zero-order valence-electron chi connectivity index (χ0n) is 40.2. The van der Waals surface area contributed by atoms with Crippen molar-refractivity contribution in [2.75, 3.05) is 17.7 Å². The molecule has 17 nitrogen and oxygen atoms in total. The molecule has 9 rings (SSSR count).